The Morgan fingerprint density at radius 3 is 2.64 bits per heavy atom. The van der Waals surface area contributed by atoms with Crippen LogP contribution in [0.5, 0.6) is 11.5 Å². The second-order valence-corrected chi connectivity index (χ2v) is 7.30. The first-order chi connectivity index (χ1) is 13.4. The molecule has 0 bridgehead atoms. The lowest BCUT2D eigenvalue weighted by Gasteiger charge is -2.14. The maximum absolute atomic E-state index is 12.5. The molecule has 0 radical (unpaired) electrons. The molecule has 0 saturated heterocycles. The molecule has 1 aromatic heterocycles. The summed E-state index contributed by atoms with van der Waals surface area (Å²) in [5, 5.41) is 0.788. The number of ether oxygens (including phenoxy) is 2. The van der Waals surface area contributed by atoms with Gasteiger partial charge in [0.1, 0.15) is 6.61 Å². The topological polar surface area (TPSA) is 77.3 Å². The van der Waals surface area contributed by atoms with Crippen LogP contribution in [0.3, 0.4) is 0 Å². The van der Waals surface area contributed by atoms with Crippen LogP contribution < -0.4 is 20.8 Å². The van der Waals surface area contributed by atoms with Crippen molar-refractivity contribution in [1.82, 2.24) is 4.98 Å². The molecule has 0 amide bonds. The summed E-state index contributed by atoms with van der Waals surface area (Å²) in [6, 6.07) is 5.39. The van der Waals surface area contributed by atoms with Crippen LogP contribution in [0.25, 0.3) is 10.9 Å². The van der Waals surface area contributed by atoms with Crippen molar-refractivity contribution in [3.05, 3.63) is 51.9 Å². The number of nitrogens with one attached hydrogen (secondary N) is 1. The van der Waals surface area contributed by atoms with Crippen molar-refractivity contribution in [2.75, 3.05) is 18.9 Å². The van der Waals surface area contributed by atoms with Crippen molar-refractivity contribution in [3.8, 4) is 11.5 Å². The van der Waals surface area contributed by atoms with Crippen LogP contribution in [0, 0.1) is 0 Å². The van der Waals surface area contributed by atoms with E-state index in [0.29, 0.717) is 30.2 Å². The number of allylic oxidation sites excluding steroid dienone is 3. The minimum Gasteiger partial charge on any atom is -0.485 e. The molecular weight excluding hydrogens is 352 g/mol. The Bertz CT molecular complexity index is 906. The Labute approximate surface area is 167 Å². The fraction of sp³-hybridized carbons (Fsp3) is 0.435. The SMILES string of the molecule is CCCCOc1c(OC/C=C(\C)CCC=C(C)C)c2ccc(N)cc2[nH]c1=O. The zero-order valence-corrected chi connectivity index (χ0v) is 17.4. The summed E-state index contributed by atoms with van der Waals surface area (Å²) in [5.41, 5.74) is 9.37. The van der Waals surface area contributed by atoms with E-state index in [2.05, 4.69) is 44.8 Å². The van der Waals surface area contributed by atoms with Crippen LogP contribution in [0.1, 0.15) is 53.4 Å². The Kier molecular flexibility index (Phi) is 8.18. The molecule has 152 valence electrons. The lowest BCUT2D eigenvalue weighted by atomic mass is 10.1. The molecule has 0 atom stereocenters. The van der Waals surface area contributed by atoms with Gasteiger partial charge in [-0.3, -0.25) is 4.79 Å². The fourth-order valence-corrected chi connectivity index (χ4v) is 2.82. The van der Waals surface area contributed by atoms with E-state index in [1.54, 1.807) is 12.1 Å². The van der Waals surface area contributed by atoms with Crippen LogP contribution >= 0.6 is 0 Å². The van der Waals surface area contributed by atoms with Crippen molar-refractivity contribution in [1.29, 1.82) is 0 Å². The van der Waals surface area contributed by atoms with E-state index < -0.39 is 0 Å². The van der Waals surface area contributed by atoms with E-state index in [9.17, 15) is 4.79 Å². The molecule has 1 aromatic carbocycles. The van der Waals surface area contributed by atoms with Gasteiger partial charge in [-0.2, -0.15) is 0 Å². The average molecular weight is 385 g/mol. The predicted molar refractivity (Wildman–Crippen MR) is 117 cm³/mol. The van der Waals surface area contributed by atoms with Gasteiger partial charge < -0.3 is 20.2 Å². The van der Waals surface area contributed by atoms with Gasteiger partial charge in [-0.15, -0.1) is 0 Å². The number of pyridine rings is 1. The molecule has 0 spiro atoms. The quantitative estimate of drug-likeness (QED) is 0.328. The van der Waals surface area contributed by atoms with E-state index in [-0.39, 0.29) is 11.3 Å². The average Bonchev–Trinajstić information content (AvgIpc) is 2.63. The first-order valence-corrected chi connectivity index (χ1v) is 9.92. The Balaban J connectivity index is 2.25. The molecule has 28 heavy (non-hydrogen) atoms. The van der Waals surface area contributed by atoms with E-state index >= 15 is 0 Å². The third kappa shape index (κ3) is 6.19. The zero-order chi connectivity index (χ0) is 20.5. The number of aromatic amines is 1. The van der Waals surface area contributed by atoms with Crippen molar-refractivity contribution in [2.24, 2.45) is 0 Å². The Morgan fingerprint density at radius 2 is 1.93 bits per heavy atom. The number of H-pyrrole nitrogens is 1. The summed E-state index contributed by atoms with van der Waals surface area (Å²) in [6.07, 6.45) is 8.16. The summed E-state index contributed by atoms with van der Waals surface area (Å²) >= 11 is 0. The lowest BCUT2D eigenvalue weighted by Crippen LogP contribution is -2.15. The summed E-state index contributed by atoms with van der Waals surface area (Å²) in [6.45, 7) is 9.25. The highest BCUT2D eigenvalue weighted by Gasteiger charge is 2.15. The van der Waals surface area contributed by atoms with Gasteiger partial charge in [0.15, 0.2) is 5.75 Å². The Hall–Kier alpha value is -2.69. The van der Waals surface area contributed by atoms with E-state index in [1.807, 2.05) is 6.07 Å². The van der Waals surface area contributed by atoms with E-state index in [1.165, 1.54) is 11.1 Å². The summed E-state index contributed by atoms with van der Waals surface area (Å²) in [5.74, 6) is 0.713. The second-order valence-electron chi connectivity index (χ2n) is 7.30. The molecule has 5 nitrogen and oxygen atoms in total. The number of benzene rings is 1. The van der Waals surface area contributed by atoms with Gasteiger partial charge in [-0.1, -0.05) is 30.6 Å². The number of fused-ring (bicyclic) bond motifs is 1. The molecule has 0 aliphatic carbocycles. The first-order valence-electron chi connectivity index (χ1n) is 9.92. The molecule has 0 unspecified atom stereocenters. The minimum absolute atomic E-state index is 0.237. The third-order valence-electron chi connectivity index (χ3n) is 4.44. The second kappa shape index (κ2) is 10.6. The molecule has 0 aliphatic rings. The van der Waals surface area contributed by atoms with Crippen LogP contribution in [0.15, 0.2) is 46.3 Å². The summed E-state index contributed by atoms with van der Waals surface area (Å²) in [7, 11) is 0. The number of hydrogen-bond acceptors (Lipinski definition) is 4. The number of aromatic nitrogens is 1. The maximum atomic E-state index is 12.5. The number of rotatable bonds is 10. The molecule has 3 N–H and O–H groups in total. The molecule has 0 aliphatic heterocycles. The highest BCUT2D eigenvalue weighted by molar-refractivity contribution is 5.89. The monoisotopic (exact) mass is 384 g/mol. The van der Waals surface area contributed by atoms with Crippen molar-refractivity contribution >= 4 is 16.6 Å². The van der Waals surface area contributed by atoms with E-state index in [0.717, 1.165) is 31.1 Å². The highest BCUT2D eigenvalue weighted by atomic mass is 16.5. The van der Waals surface area contributed by atoms with Crippen molar-refractivity contribution in [2.45, 2.75) is 53.4 Å². The molecule has 5 heteroatoms. The molecule has 2 aromatic rings. The lowest BCUT2D eigenvalue weighted by molar-refractivity contribution is 0.277. The number of nitrogens with two attached hydrogens (primary N) is 1. The van der Waals surface area contributed by atoms with Gasteiger partial charge in [-0.25, -0.2) is 0 Å². The molecule has 0 fully saturated rings. The van der Waals surface area contributed by atoms with Gasteiger partial charge in [0, 0.05) is 11.1 Å². The van der Waals surface area contributed by atoms with Gasteiger partial charge >= 0.3 is 0 Å². The molecule has 1 heterocycles. The summed E-state index contributed by atoms with van der Waals surface area (Å²) < 4.78 is 11.8. The maximum Gasteiger partial charge on any atom is 0.294 e. The normalized spacial score (nSPS) is 11.5. The zero-order valence-electron chi connectivity index (χ0n) is 17.4. The first kappa shape index (κ1) is 21.6. The largest absolute Gasteiger partial charge is 0.485 e. The Morgan fingerprint density at radius 1 is 1.14 bits per heavy atom. The number of anilines is 1. The van der Waals surface area contributed by atoms with Crippen LogP contribution in [0.4, 0.5) is 5.69 Å². The van der Waals surface area contributed by atoms with Crippen molar-refractivity contribution in [3.63, 3.8) is 0 Å². The number of nitrogen functional groups attached to an aromatic ring is 1. The highest BCUT2D eigenvalue weighted by Crippen LogP contribution is 2.32. The molecule has 0 saturated carbocycles. The smallest absolute Gasteiger partial charge is 0.294 e. The van der Waals surface area contributed by atoms with Gasteiger partial charge in [0.2, 0.25) is 5.75 Å². The van der Waals surface area contributed by atoms with Crippen molar-refractivity contribution < 1.29 is 9.47 Å². The van der Waals surface area contributed by atoms with Gasteiger partial charge in [-0.05, 0) is 64.3 Å². The predicted octanol–water partition coefficient (Wildman–Crippen LogP) is 5.36. The van der Waals surface area contributed by atoms with Gasteiger partial charge in [0.05, 0.1) is 12.1 Å². The fourth-order valence-electron chi connectivity index (χ4n) is 2.82. The standard InChI is InChI=1S/C23H32N2O3/c1-5-6-13-27-22-21(28-14-12-17(4)9-7-8-16(2)3)19-11-10-18(24)15-20(19)25-23(22)26/h8,10-12,15H,5-7,9,13-14,24H2,1-4H3,(H,25,26)/b17-12+. The van der Waals surface area contributed by atoms with Gasteiger partial charge in [0.25, 0.3) is 5.56 Å². The number of hydrogen-bond donors (Lipinski definition) is 2. The van der Waals surface area contributed by atoms with Crippen LogP contribution in [-0.2, 0) is 0 Å². The van der Waals surface area contributed by atoms with Crippen LogP contribution in [-0.4, -0.2) is 18.2 Å². The number of unbranched alkanes of at least 4 members (excludes halogenated alkanes) is 1. The molecule has 2 rings (SSSR count). The third-order valence-corrected chi connectivity index (χ3v) is 4.44. The van der Waals surface area contributed by atoms with Crippen LogP contribution in [0.2, 0.25) is 0 Å². The minimum atomic E-state index is -0.298. The van der Waals surface area contributed by atoms with E-state index in [4.69, 9.17) is 15.2 Å². The molecular formula is C23H32N2O3. The summed E-state index contributed by atoms with van der Waals surface area (Å²) in [4.78, 5) is 15.4.